The van der Waals surface area contributed by atoms with Crippen molar-refractivity contribution in [3.63, 3.8) is 0 Å². The van der Waals surface area contributed by atoms with Gasteiger partial charge in [-0.05, 0) is 37.2 Å². The zero-order chi connectivity index (χ0) is 13.7. The molecule has 1 aliphatic rings. The third-order valence-electron chi connectivity index (χ3n) is 3.60. The SMILES string of the molecule is CCCCN1CCN(C(=O)c2ccc(O)cc2)CC1. The fourth-order valence-corrected chi connectivity index (χ4v) is 2.34. The number of piperazine rings is 1. The van der Waals surface area contributed by atoms with Gasteiger partial charge in [-0.1, -0.05) is 13.3 Å². The Hall–Kier alpha value is -1.55. The molecule has 1 N–H and O–H groups in total. The predicted molar refractivity (Wildman–Crippen MR) is 75.4 cm³/mol. The van der Waals surface area contributed by atoms with Crippen molar-refractivity contribution in [3.8, 4) is 5.75 Å². The van der Waals surface area contributed by atoms with Crippen molar-refractivity contribution in [3.05, 3.63) is 29.8 Å². The second-order valence-electron chi connectivity index (χ2n) is 5.03. The van der Waals surface area contributed by atoms with Crippen molar-refractivity contribution in [2.24, 2.45) is 0 Å². The number of unbranched alkanes of at least 4 members (excludes halogenated alkanes) is 1. The average molecular weight is 262 g/mol. The highest BCUT2D eigenvalue weighted by atomic mass is 16.3. The second kappa shape index (κ2) is 6.57. The van der Waals surface area contributed by atoms with E-state index in [1.165, 1.54) is 12.8 Å². The summed E-state index contributed by atoms with van der Waals surface area (Å²) in [7, 11) is 0. The summed E-state index contributed by atoms with van der Waals surface area (Å²) >= 11 is 0. The van der Waals surface area contributed by atoms with E-state index < -0.39 is 0 Å². The van der Waals surface area contributed by atoms with E-state index in [1.807, 2.05) is 4.90 Å². The fourth-order valence-electron chi connectivity index (χ4n) is 2.34. The molecule has 1 aromatic rings. The highest BCUT2D eigenvalue weighted by molar-refractivity contribution is 5.94. The van der Waals surface area contributed by atoms with Crippen LogP contribution in [0.25, 0.3) is 0 Å². The van der Waals surface area contributed by atoms with E-state index in [0.29, 0.717) is 5.56 Å². The van der Waals surface area contributed by atoms with Gasteiger partial charge in [-0.2, -0.15) is 0 Å². The van der Waals surface area contributed by atoms with Crippen molar-refractivity contribution in [2.45, 2.75) is 19.8 Å². The third-order valence-corrected chi connectivity index (χ3v) is 3.60. The van der Waals surface area contributed by atoms with E-state index in [-0.39, 0.29) is 11.7 Å². The van der Waals surface area contributed by atoms with Gasteiger partial charge in [0.05, 0.1) is 0 Å². The number of carbonyl (C=O) groups excluding carboxylic acids is 1. The van der Waals surface area contributed by atoms with Gasteiger partial charge in [0.25, 0.3) is 5.91 Å². The first-order chi connectivity index (χ1) is 9.20. The highest BCUT2D eigenvalue weighted by Gasteiger charge is 2.21. The summed E-state index contributed by atoms with van der Waals surface area (Å²) in [5.74, 6) is 0.260. The Morgan fingerprint density at radius 2 is 1.79 bits per heavy atom. The quantitative estimate of drug-likeness (QED) is 0.902. The van der Waals surface area contributed by atoms with Gasteiger partial charge in [0.1, 0.15) is 5.75 Å². The third kappa shape index (κ3) is 3.70. The molecule has 0 saturated carbocycles. The van der Waals surface area contributed by atoms with Crippen molar-refractivity contribution < 1.29 is 9.90 Å². The van der Waals surface area contributed by atoms with E-state index in [2.05, 4.69) is 11.8 Å². The van der Waals surface area contributed by atoms with Gasteiger partial charge in [-0.25, -0.2) is 0 Å². The monoisotopic (exact) mass is 262 g/mol. The van der Waals surface area contributed by atoms with Crippen molar-refractivity contribution in [1.29, 1.82) is 0 Å². The number of nitrogens with zero attached hydrogens (tertiary/aromatic N) is 2. The molecular weight excluding hydrogens is 240 g/mol. The van der Waals surface area contributed by atoms with Crippen LogP contribution < -0.4 is 0 Å². The van der Waals surface area contributed by atoms with Crippen LogP contribution in [0.5, 0.6) is 5.75 Å². The van der Waals surface area contributed by atoms with Gasteiger partial charge in [-0.3, -0.25) is 9.69 Å². The standard InChI is InChI=1S/C15H22N2O2/c1-2-3-8-16-9-11-17(12-10-16)15(19)13-4-6-14(18)7-5-13/h4-7,18H,2-3,8-12H2,1H3. The normalized spacial score (nSPS) is 16.6. The van der Waals surface area contributed by atoms with Gasteiger partial charge in [0.2, 0.25) is 0 Å². The number of aromatic hydroxyl groups is 1. The predicted octanol–water partition coefficient (Wildman–Crippen LogP) is 1.95. The molecule has 104 valence electrons. The maximum atomic E-state index is 12.3. The van der Waals surface area contributed by atoms with Crippen LogP contribution in [-0.2, 0) is 0 Å². The number of hydrogen-bond acceptors (Lipinski definition) is 3. The van der Waals surface area contributed by atoms with E-state index in [1.54, 1.807) is 24.3 Å². The number of hydrogen-bond donors (Lipinski definition) is 1. The molecule has 0 atom stereocenters. The number of benzene rings is 1. The van der Waals surface area contributed by atoms with Crippen molar-refractivity contribution in [1.82, 2.24) is 9.80 Å². The Balaban J connectivity index is 1.87. The molecule has 0 aliphatic carbocycles. The zero-order valence-corrected chi connectivity index (χ0v) is 11.5. The van der Waals surface area contributed by atoms with Gasteiger partial charge >= 0.3 is 0 Å². The summed E-state index contributed by atoms with van der Waals surface area (Å²) in [6.45, 7) is 6.85. The second-order valence-corrected chi connectivity index (χ2v) is 5.03. The van der Waals surface area contributed by atoms with Crippen LogP contribution in [0.2, 0.25) is 0 Å². The minimum Gasteiger partial charge on any atom is -0.508 e. The molecule has 0 aromatic heterocycles. The summed E-state index contributed by atoms with van der Waals surface area (Å²) in [6, 6.07) is 6.48. The maximum Gasteiger partial charge on any atom is 0.253 e. The Labute approximate surface area is 114 Å². The highest BCUT2D eigenvalue weighted by Crippen LogP contribution is 2.13. The summed E-state index contributed by atoms with van der Waals surface area (Å²) in [6.07, 6.45) is 2.44. The minimum absolute atomic E-state index is 0.0649. The lowest BCUT2D eigenvalue weighted by molar-refractivity contribution is 0.0635. The Morgan fingerprint density at radius 3 is 2.37 bits per heavy atom. The molecular formula is C15H22N2O2. The molecule has 2 rings (SSSR count). The number of phenols is 1. The molecule has 0 spiro atoms. The lowest BCUT2D eigenvalue weighted by Crippen LogP contribution is -2.48. The number of rotatable bonds is 4. The molecule has 0 unspecified atom stereocenters. The van der Waals surface area contributed by atoms with E-state index in [4.69, 9.17) is 0 Å². The van der Waals surface area contributed by atoms with Gasteiger partial charge in [-0.15, -0.1) is 0 Å². The zero-order valence-electron chi connectivity index (χ0n) is 11.5. The first-order valence-electron chi connectivity index (χ1n) is 7.01. The lowest BCUT2D eigenvalue weighted by Gasteiger charge is -2.34. The van der Waals surface area contributed by atoms with Crippen LogP contribution in [0, 0.1) is 0 Å². The lowest BCUT2D eigenvalue weighted by atomic mass is 10.1. The average Bonchev–Trinajstić information content (AvgIpc) is 2.46. The molecule has 4 nitrogen and oxygen atoms in total. The summed E-state index contributed by atoms with van der Waals surface area (Å²) in [5.41, 5.74) is 0.653. The molecule has 19 heavy (non-hydrogen) atoms. The largest absolute Gasteiger partial charge is 0.508 e. The Kier molecular flexibility index (Phi) is 4.80. The van der Waals surface area contributed by atoms with E-state index >= 15 is 0 Å². The van der Waals surface area contributed by atoms with Crippen LogP contribution in [0.3, 0.4) is 0 Å². The molecule has 4 heteroatoms. The first kappa shape index (κ1) is 13.9. The number of phenolic OH excluding ortho intramolecular Hbond substituents is 1. The number of carbonyl (C=O) groups is 1. The van der Waals surface area contributed by atoms with Gasteiger partial charge < -0.3 is 10.0 Å². The molecule has 1 fully saturated rings. The van der Waals surface area contributed by atoms with Gasteiger partial charge in [0.15, 0.2) is 0 Å². The molecule has 1 aromatic carbocycles. The van der Waals surface area contributed by atoms with E-state index in [9.17, 15) is 9.90 Å². The molecule has 1 amide bonds. The molecule has 0 bridgehead atoms. The van der Waals surface area contributed by atoms with Crippen molar-refractivity contribution >= 4 is 5.91 Å². The number of amides is 1. The Bertz CT molecular complexity index is 409. The smallest absolute Gasteiger partial charge is 0.253 e. The van der Waals surface area contributed by atoms with E-state index in [0.717, 1.165) is 32.7 Å². The van der Waals surface area contributed by atoms with Crippen LogP contribution in [-0.4, -0.2) is 53.5 Å². The van der Waals surface area contributed by atoms with Crippen molar-refractivity contribution in [2.75, 3.05) is 32.7 Å². The van der Waals surface area contributed by atoms with Crippen LogP contribution in [0.15, 0.2) is 24.3 Å². The minimum atomic E-state index is 0.0649. The molecule has 1 saturated heterocycles. The molecule has 1 heterocycles. The Morgan fingerprint density at radius 1 is 1.16 bits per heavy atom. The van der Waals surface area contributed by atoms with Crippen LogP contribution in [0.1, 0.15) is 30.1 Å². The topological polar surface area (TPSA) is 43.8 Å². The fraction of sp³-hybridized carbons (Fsp3) is 0.533. The molecule has 1 aliphatic heterocycles. The maximum absolute atomic E-state index is 12.3. The van der Waals surface area contributed by atoms with Crippen LogP contribution in [0.4, 0.5) is 0 Å². The molecule has 0 radical (unpaired) electrons. The summed E-state index contributed by atoms with van der Waals surface area (Å²) in [5, 5.41) is 9.23. The summed E-state index contributed by atoms with van der Waals surface area (Å²) < 4.78 is 0. The van der Waals surface area contributed by atoms with Crippen LogP contribution >= 0.6 is 0 Å². The summed E-state index contributed by atoms with van der Waals surface area (Å²) in [4.78, 5) is 16.6. The van der Waals surface area contributed by atoms with Gasteiger partial charge in [0, 0.05) is 31.7 Å². The first-order valence-corrected chi connectivity index (χ1v) is 7.01.